The van der Waals surface area contributed by atoms with Crippen LogP contribution in [0.25, 0.3) is 65.7 Å². The third-order valence-electron chi connectivity index (χ3n) is 13.0. The molecule has 0 unspecified atom stereocenters. The summed E-state index contributed by atoms with van der Waals surface area (Å²) in [6.07, 6.45) is 0. The average Bonchev–Trinajstić information content (AvgIpc) is 3.80. The van der Waals surface area contributed by atoms with Crippen LogP contribution >= 0.6 is 0 Å². The van der Waals surface area contributed by atoms with Gasteiger partial charge in [-0.25, -0.2) is 0 Å². The van der Waals surface area contributed by atoms with Crippen molar-refractivity contribution in [1.82, 2.24) is 0 Å². The van der Waals surface area contributed by atoms with Gasteiger partial charge in [-0.3, -0.25) is 0 Å². The Morgan fingerprint density at radius 3 is 1.45 bits per heavy atom. The van der Waals surface area contributed by atoms with Crippen LogP contribution in [0.15, 0.2) is 223 Å². The molecule has 0 saturated heterocycles. The molecule has 3 nitrogen and oxygen atoms in total. The SMILES string of the molecule is CC1(C)c2ccccc2-c2ccc(N(c3ccccc3)c3ccc4cc(-c5ccc6cc(N(c7ccccc7)c7ccc8oc9ccccc9c8c7)ccc6c5)ccc4c3)cc21. The van der Waals surface area contributed by atoms with E-state index >= 15 is 0 Å². The minimum Gasteiger partial charge on any atom is -0.456 e. The van der Waals surface area contributed by atoms with Gasteiger partial charge in [0.05, 0.1) is 0 Å². The lowest BCUT2D eigenvalue weighted by Gasteiger charge is -2.28. The lowest BCUT2D eigenvalue weighted by molar-refractivity contribution is 0.660. The molecule has 0 saturated carbocycles. The fraction of sp³-hybridized carbons (Fsp3) is 0.0508. The number of furan rings is 1. The van der Waals surface area contributed by atoms with E-state index in [9.17, 15) is 0 Å². The van der Waals surface area contributed by atoms with Crippen LogP contribution in [0.1, 0.15) is 25.0 Å². The van der Waals surface area contributed by atoms with Crippen LogP contribution in [0, 0.1) is 0 Å². The van der Waals surface area contributed by atoms with E-state index in [1.165, 1.54) is 54.9 Å². The molecule has 0 aliphatic heterocycles. The van der Waals surface area contributed by atoms with Gasteiger partial charge in [-0.15, -0.1) is 0 Å². The standard InChI is InChI=1S/C59H42N2O/c1-59(2)55-19-11-9-17-51(55)52-31-29-50(38-56(52)59)61(46-15-7-4-8-16-46)48-28-26-42-34-40(22-24-44(42)36-48)39-21-23-43-35-47(27-25-41(43)33-39)60(45-13-5-3-6-14-45)49-30-32-58-54(37-49)53-18-10-12-20-57(53)62-58/h3-38H,1-2H3. The highest BCUT2D eigenvalue weighted by Crippen LogP contribution is 2.51. The normalized spacial score (nSPS) is 12.8. The van der Waals surface area contributed by atoms with E-state index < -0.39 is 0 Å². The number of nitrogens with zero attached hydrogens (tertiary/aromatic N) is 2. The molecule has 0 radical (unpaired) electrons. The summed E-state index contributed by atoms with van der Waals surface area (Å²) in [5.74, 6) is 0. The molecule has 0 fully saturated rings. The molecule has 3 heteroatoms. The van der Waals surface area contributed by atoms with E-state index in [-0.39, 0.29) is 5.41 Å². The molecule has 0 amide bonds. The third-order valence-corrected chi connectivity index (χ3v) is 13.0. The molecule has 1 heterocycles. The van der Waals surface area contributed by atoms with Crippen molar-refractivity contribution in [2.45, 2.75) is 19.3 Å². The maximum atomic E-state index is 6.18. The van der Waals surface area contributed by atoms with Gasteiger partial charge in [0.15, 0.2) is 0 Å². The minimum atomic E-state index is -0.0793. The summed E-state index contributed by atoms with van der Waals surface area (Å²) in [6, 6.07) is 79.2. The Kier molecular flexibility index (Phi) is 8.20. The second-order valence-electron chi connectivity index (χ2n) is 17.0. The van der Waals surface area contributed by atoms with Crippen molar-refractivity contribution in [3.05, 3.63) is 230 Å². The predicted molar refractivity (Wildman–Crippen MR) is 261 cm³/mol. The monoisotopic (exact) mass is 794 g/mol. The van der Waals surface area contributed by atoms with Crippen LogP contribution in [0.4, 0.5) is 34.1 Å². The molecule has 11 aromatic rings. The maximum Gasteiger partial charge on any atom is 0.135 e. The van der Waals surface area contributed by atoms with E-state index in [0.717, 1.165) is 56.1 Å². The van der Waals surface area contributed by atoms with Crippen molar-refractivity contribution < 1.29 is 4.42 Å². The molecule has 0 N–H and O–H groups in total. The van der Waals surface area contributed by atoms with E-state index in [1.54, 1.807) is 0 Å². The number of para-hydroxylation sites is 3. The number of rotatable bonds is 7. The Bertz CT molecular complexity index is 3510. The molecular weight excluding hydrogens is 753 g/mol. The quantitative estimate of drug-likeness (QED) is 0.160. The van der Waals surface area contributed by atoms with Crippen molar-refractivity contribution in [2.75, 3.05) is 9.80 Å². The zero-order valence-corrected chi connectivity index (χ0v) is 34.6. The van der Waals surface area contributed by atoms with E-state index in [0.29, 0.717) is 0 Å². The lowest BCUT2D eigenvalue weighted by Crippen LogP contribution is -2.16. The molecule has 12 rings (SSSR count). The van der Waals surface area contributed by atoms with Crippen LogP contribution < -0.4 is 9.80 Å². The zero-order chi connectivity index (χ0) is 41.4. The largest absolute Gasteiger partial charge is 0.456 e. The van der Waals surface area contributed by atoms with Gasteiger partial charge in [0.1, 0.15) is 11.2 Å². The number of fused-ring (bicyclic) bond motifs is 8. The van der Waals surface area contributed by atoms with E-state index in [4.69, 9.17) is 4.42 Å². The Hall–Kier alpha value is -7.88. The molecule has 294 valence electrons. The molecular formula is C59H42N2O. The number of hydrogen-bond donors (Lipinski definition) is 0. The van der Waals surface area contributed by atoms with E-state index in [1.807, 2.05) is 12.1 Å². The van der Waals surface area contributed by atoms with Gasteiger partial charge in [-0.2, -0.15) is 0 Å². The van der Waals surface area contributed by atoms with Crippen molar-refractivity contribution in [1.29, 1.82) is 0 Å². The molecule has 0 bridgehead atoms. The van der Waals surface area contributed by atoms with Crippen LogP contribution in [0.3, 0.4) is 0 Å². The summed E-state index contributed by atoms with van der Waals surface area (Å²) in [7, 11) is 0. The van der Waals surface area contributed by atoms with Crippen molar-refractivity contribution in [3.63, 3.8) is 0 Å². The fourth-order valence-electron chi connectivity index (χ4n) is 9.84. The lowest BCUT2D eigenvalue weighted by atomic mass is 9.82. The Labute approximate surface area is 361 Å². The van der Waals surface area contributed by atoms with Crippen molar-refractivity contribution in [3.8, 4) is 22.3 Å². The van der Waals surface area contributed by atoms with Gasteiger partial charge in [0, 0.05) is 50.3 Å². The second-order valence-corrected chi connectivity index (χ2v) is 17.0. The van der Waals surface area contributed by atoms with Gasteiger partial charge in [-0.1, -0.05) is 135 Å². The summed E-state index contributed by atoms with van der Waals surface area (Å²) in [4.78, 5) is 4.72. The Morgan fingerprint density at radius 1 is 0.323 bits per heavy atom. The van der Waals surface area contributed by atoms with Crippen molar-refractivity contribution in [2.24, 2.45) is 0 Å². The molecule has 1 aliphatic carbocycles. The van der Waals surface area contributed by atoms with Crippen LogP contribution in [-0.4, -0.2) is 0 Å². The number of anilines is 6. The van der Waals surface area contributed by atoms with Crippen LogP contribution in [0.5, 0.6) is 0 Å². The summed E-state index contributed by atoms with van der Waals surface area (Å²) in [5.41, 5.74) is 16.2. The second kappa shape index (κ2) is 14.1. The Balaban J connectivity index is 0.881. The number of hydrogen-bond acceptors (Lipinski definition) is 3. The number of benzene rings is 10. The summed E-state index contributed by atoms with van der Waals surface area (Å²) < 4.78 is 6.18. The first-order chi connectivity index (χ1) is 30.5. The molecule has 0 atom stereocenters. The summed E-state index contributed by atoms with van der Waals surface area (Å²) in [5, 5.41) is 7.03. The summed E-state index contributed by atoms with van der Waals surface area (Å²) in [6.45, 7) is 4.69. The van der Waals surface area contributed by atoms with Crippen molar-refractivity contribution >= 4 is 77.6 Å². The predicted octanol–water partition coefficient (Wildman–Crippen LogP) is 16.8. The average molecular weight is 795 g/mol. The molecule has 10 aromatic carbocycles. The zero-order valence-electron chi connectivity index (χ0n) is 34.6. The molecule has 1 aliphatic rings. The van der Waals surface area contributed by atoms with Gasteiger partial charge in [0.2, 0.25) is 0 Å². The first kappa shape index (κ1) is 36.0. The van der Waals surface area contributed by atoms with Crippen LogP contribution in [0.2, 0.25) is 0 Å². The Morgan fingerprint density at radius 2 is 0.790 bits per heavy atom. The third kappa shape index (κ3) is 5.89. The van der Waals surface area contributed by atoms with Gasteiger partial charge in [-0.05, 0) is 152 Å². The first-order valence-corrected chi connectivity index (χ1v) is 21.4. The summed E-state index contributed by atoms with van der Waals surface area (Å²) >= 11 is 0. The topological polar surface area (TPSA) is 19.6 Å². The van der Waals surface area contributed by atoms with Gasteiger partial charge in [0.25, 0.3) is 0 Å². The minimum absolute atomic E-state index is 0.0793. The molecule has 62 heavy (non-hydrogen) atoms. The smallest absolute Gasteiger partial charge is 0.135 e. The fourth-order valence-corrected chi connectivity index (χ4v) is 9.84. The van der Waals surface area contributed by atoms with Gasteiger partial charge >= 0.3 is 0 Å². The maximum absolute atomic E-state index is 6.18. The van der Waals surface area contributed by atoms with Gasteiger partial charge < -0.3 is 14.2 Å². The highest BCUT2D eigenvalue weighted by molar-refractivity contribution is 6.07. The van der Waals surface area contributed by atoms with Crippen LogP contribution in [-0.2, 0) is 5.41 Å². The highest BCUT2D eigenvalue weighted by atomic mass is 16.3. The molecule has 0 spiro atoms. The van der Waals surface area contributed by atoms with E-state index in [2.05, 4.69) is 230 Å². The first-order valence-electron chi connectivity index (χ1n) is 21.4. The molecule has 1 aromatic heterocycles. The highest BCUT2D eigenvalue weighted by Gasteiger charge is 2.35.